The maximum Gasteiger partial charge on any atom is 0.224 e. The second-order valence-corrected chi connectivity index (χ2v) is 22.5. The summed E-state index contributed by atoms with van der Waals surface area (Å²) in [5.74, 6) is 1.68. The molecule has 1 aliphatic heterocycles. The Morgan fingerprint density at radius 3 is 1.89 bits per heavy atom. The number of hydrogen-bond donors (Lipinski definition) is 7. The van der Waals surface area contributed by atoms with Crippen molar-refractivity contribution in [1.82, 2.24) is 30.7 Å². The Kier molecular flexibility index (Phi) is 42.2. The number of aliphatic hydroxyl groups is 1. The van der Waals surface area contributed by atoms with Crippen molar-refractivity contribution in [3.8, 4) is 11.5 Å². The van der Waals surface area contributed by atoms with Gasteiger partial charge in [0.1, 0.15) is 17.6 Å². The lowest BCUT2D eigenvalue weighted by Gasteiger charge is -2.29. The molecule has 2 amide bonds. The molecular weight excluding hydrogens is 1040 g/mol. The third kappa shape index (κ3) is 36.3. The zero-order valence-corrected chi connectivity index (χ0v) is 54.0. The van der Waals surface area contributed by atoms with Gasteiger partial charge >= 0.3 is 0 Å². The molecule has 0 aromatic heterocycles. The number of aryl methyl sites for hydroxylation is 1. The van der Waals surface area contributed by atoms with E-state index in [4.69, 9.17) is 25.7 Å². The van der Waals surface area contributed by atoms with E-state index in [1.165, 1.54) is 19.3 Å². The average molecular weight is 1160 g/mol. The average Bonchev–Trinajstić information content (AvgIpc) is 3.90. The molecule has 2 fully saturated rings. The Morgan fingerprint density at radius 2 is 1.31 bits per heavy atom. The predicted octanol–water partition coefficient (Wildman–Crippen LogP) is 10.3. The Bertz CT molecular complexity index is 2150. The number of hydrogen-bond acceptors (Lipinski definition) is 13. The molecule has 1 heterocycles. The van der Waals surface area contributed by atoms with E-state index in [1.807, 2.05) is 95.4 Å². The lowest BCUT2D eigenvalue weighted by Crippen LogP contribution is -2.38. The van der Waals surface area contributed by atoms with E-state index in [1.54, 1.807) is 6.07 Å². The highest BCUT2D eigenvalue weighted by molar-refractivity contribution is 5.79. The van der Waals surface area contributed by atoms with Crippen LogP contribution in [-0.4, -0.2) is 153 Å². The summed E-state index contributed by atoms with van der Waals surface area (Å²) in [6.07, 6.45) is 13.8. The van der Waals surface area contributed by atoms with E-state index < -0.39 is 0 Å². The van der Waals surface area contributed by atoms with Crippen molar-refractivity contribution in [3.63, 3.8) is 0 Å². The summed E-state index contributed by atoms with van der Waals surface area (Å²) in [7, 11) is 4.04. The van der Waals surface area contributed by atoms with Crippen LogP contribution in [0.1, 0.15) is 161 Å². The van der Waals surface area contributed by atoms with Crippen molar-refractivity contribution >= 4 is 11.8 Å². The number of aromatic hydroxyl groups is 1. The Morgan fingerprint density at radius 1 is 0.735 bits per heavy atom. The molecule has 1 saturated carbocycles. The van der Waals surface area contributed by atoms with Crippen LogP contribution in [0, 0.1) is 5.92 Å². The highest BCUT2D eigenvalue weighted by Gasteiger charge is 2.22. The quantitative estimate of drug-likeness (QED) is 0.0217. The van der Waals surface area contributed by atoms with Crippen LogP contribution in [-0.2, 0) is 51.2 Å². The minimum Gasteiger partial charge on any atom is -0.508 e. The number of carbonyl (C=O) groups excluding carboxylic acids is 2. The molecule has 3 atom stereocenters. The third-order valence-electron chi connectivity index (χ3n) is 14.5. The van der Waals surface area contributed by atoms with Gasteiger partial charge in [-0.2, -0.15) is 0 Å². The molecule has 83 heavy (non-hydrogen) atoms. The number of phenolic OH excluding ortho intramolecular Hbond substituents is 1. The van der Waals surface area contributed by atoms with Gasteiger partial charge in [-0.1, -0.05) is 116 Å². The van der Waals surface area contributed by atoms with Crippen molar-refractivity contribution in [2.24, 2.45) is 17.4 Å². The van der Waals surface area contributed by atoms with Crippen molar-refractivity contribution in [3.05, 3.63) is 119 Å². The van der Waals surface area contributed by atoms with Gasteiger partial charge in [-0.3, -0.25) is 14.5 Å². The number of nitrogens with one attached hydrogen (secondary N) is 3. The number of carbonyl (C=O) groups is 2. The molecule has 2 unspecified atom stereocenters. The van der Waals surface area contributed by atoms with Crippen molar-refractivity contribution in [1.29, 1.82) is 0 Å². The van der Waals surface area contributed by atoms with Crippen molar-refractivity contribution in [2.75, 3.05) is 86.2 Å². The molecule has 0 radical (unpaired) electrons. The van der Waals surface area contributed by atoms with E-state index in [0.29, 0.717) is 80.4 Å². The van der Waals surface area contributed by atoms with Gasteiger partial charge < -0.3 is 61.6 Å². The summed E-state index contributed by atoms with van der Waals surface area (Å²) in [6.45, 7) is 38.1. The number of benzene rings is 3. The molecule has 3 aromatic rings. The van der Waals surface area contributed by atoms with Crippen LogP contribution in [0.4, 0.5) is 0 Å². The van der Waals surface area contributed by atoms with Gasteiger partial charge in [-0.05, 0) is 160 Å². The van der Waals surface area contributed by atoms with Crippen LogP contribution < -0.4 is 32.2 Å². The summed E-state index contributed by atoms with van der Waals surface area (Å²) in [5.41, 5.74) is 16.5. The number of nitrogens with two attached hydrogens (primary N) is 2. The predicted molar refractivity (Wildman–Crippen MR) is 347 cm³/mol. The van der Waals surface area contributed by atoms with Crippen LogP contribution in [0.5, 0.6) is 11.5 Å². The fourth-order valence-electron chi connectivity index (χ4n) is 9.63. The number of likely N-dealkylation sites (N-methyl/N-ethyl adjacent to an activating group) is 1. The number of unbranched alkanes of at least 4 members (excludes halogenated alkanes) is 1. The number of primary amides is 1. The zero-order chi connectivity index (χ0) is 62.0. The first-order chi connectivity index (χ1) is 39.8. The van der Waals surface area contributed by atoms with Crippen LogP contribution in [0.2, 0.25) is 0 Å². The van der Waals surface area contributed by atoms with Crippen LogP contribution in [0.3, 0.4) is 0 Å². The van der Waals surface area contributed by atoms with Crippen LogP contribution in [0.25, 0.3) is 0 Å². The molecule has 15 nitrogen and oxygen atoms in total. The monoisotopic (exact) mass is 1160 g/mol. The summed E-state index contributed by atoms with van der Waals surface area (Å²) in [5, 5.41) is 30.3. The first-order valence-electron chi connectivity index (χ1n) is 31.6. The first kappa shape index (κ1) is 75.9. The van der Waals surface area contributed by atoms with Gasteiger partial charge in [0.15, 0.2) is 5.88 Å². The number of ether oxygens (including phenoxy) is 3. The minimum absolute atomic E-state index is 0.0710. The molecule has 5 rings (SSSR count). The maximum atomic E-state index is 12.6. The lowest BCUT2D eigenvalue weighted by molar-refractivity contribution is -0.120. The van der Waals surface area contributed by atoms with Crippen molar-refractivity contribution in [2.45, 2.75) is 196 Å². The highest BCUT2D eigenvalue weighted by atomic mass is 16.5. The fourth-order valence-corrected chi connectivity index (χ4v) is 9.63. The molecule has 472 valence electrons. The molecule has 15 heteroatoms. The summed E-state index contributed by atoms with van der Waals surface area (Å²) >= 11 is 0. The summed E-state index contributed by atoms with van der Waals surface area (Å²) < 4.78 is 17.9. The first-order valence-corrected chi connectivity index (χ1v) is 31.6. The van der Waals surface area contributed by atoms with Gasteiger partial charge in [-0.15, -0.1) is 0 Å². The van der Waals surface area contributed by atoms with E-state index in [2.05, 4.69) is 92.4 Å². The molecule has 2 aliphatic rings. The molecule has 9 N–H and O–H groups in total. The Balaban J connectivity index is 0.000000754. The Hall–Kier alpha value is -5.16. The zero-order valence-electron chi connectivity index (χ0n) is 54.0. The normalized spacial score (nSPS) is 14.9. The topological polar surface area (TPSA) is 200 Å². The number of phenols is 1. The number of aliphatic hydroxyl groups excluding tert-OH is 1. The number of nitrogens with zero attached hydrogens (tertiary/aromatic N) is 3. The van der Waals surface area contributed by atoms with Gasteiger partial charge in [-0.25, -0.2) is 0 Å². The molecule has 1 aliphatic carbocycles. The number of likely N-dealkylation sites (tertiary alicyclic amines) is 1. The number of rotatable bonds is 35. The summed E-state index contributed by atoms with van der Waals surface area (Å²) in [4.78, 5) is 30.6. The SMILES string of the molecule is C=C(N)Cc1ccc(OCC(C)CN(CCCNC(=O)Cc2ccc(CCOC3CCCCC3)cc2O)C(C)C)cc1.C=C(NCCCCN(CC(O)CCc1ccc(CC(N)=O)cc1)C(C)C)O[C@@H]1CCN(C)C1.CC.CC.CCNC. The van der Waals surface area contributed by atoms with Crippen molar-refractivity contribution < 1.29 is 34.0 Å². The molecule has 1 saturated heterocycles. The van der Waals surface area contributed by atoms with Gasteiger partial charge in [0.2, 0.25) is 11.8 Å². The maximum absolute atomic E-state index is 12.6. The second kappa shape index (κ2) is 46.2. The number of allylic oxidation sites excluding steroid dienone is 1. The molecule has 3 aromatic carbocycles. The van der Waals surface area contributed by atoms with Gasteiger partial charge in [0, 0.05) is 81.5 Å². The summed E-state index contributed by atoms with van der Waals surface area (Å²) in [6, 6.07) is 22.3. The third-order valence-corrected chi connectivity index (χ3v) is 14.5. The van der Waals surface area contributed by atoms with E-state index in [9.17, 15) is 19.8 Å². The Labute approximate surface area is 504 Å². The lowest BCUT2D eigenvalue weighted by atomic mass is 9.98. The largest absolute Gasteiger partial charge is 0.508 e. The van der Waals surface area contributed by atoms with E-state index >= 15 is 0 Å². The fraction of sp³-hybridized carbons (Fsp3) is 0.647. The van der Waals surface area contributed by atoms with Crippen LogP contribution in [0.15, 0.2) is 91.5 Å². The molecule has 0 bridgehead atoms. The molecular formula is C68H118N8O7. The van der Waals surface area contributed by atoms with E-state index in [0.717, 1.165) is 125 Å². The van der Waals surface area contributed by atoms with Gasteiger partial charge in [0.25, 0.3) is 0 Å². The van der Waals surface area contributed by atoms with Crippen LogP contribution >= 0.6 is 0 Å². The minimum atomic E-state index is -0.367. The van der Waals surface area contributed by atoms with Gasteiger partial charge in [0.05, 0.1) is 38.3 Å². The van der Waals surface area contributed by atoms with E-state index in [-0.39, 0.29) is 42.6 Å². The number of amides is 2. The highest BCUT2D eigenvalue weighted by Crippen LogP contribution is 2.23. The smallest absolute Gasteiger partial charge is 0.224 e. The molecule has 0 spiro atoms. The second-order valence-electron chi connectivity index (χ2n) is 22.5. The standard InChI is InChI=1S/C35H53N3O4.C26H44N4O3.C3H9N.2C2H6/c1-26(2)38(24-27(3)25-42-33-15-12-29(13-16-33)21-28(4)36)19-8-18-37-35(40)23-31-14-11-30(22-34(31)39)17-20-41-32-9-6-5-7-10-32;1-20(2)30(15-6-5-14-28-21(3)33-25-13-16-29(4)19-25)18-24(31)12-11-22-7-9-23(10-8-22)17-26(27)32;1-3-4-2;2*1-2/h11-16,22,26-27,32,39H,4-10,17-21,23-25,36H2,1-3H3,(H,37,40);7-10,20,24-25,28,31H,3,5-6,11-19H2,1-2,4H3,(H2,27,32);4H,3H2,1-2H3;2*1-2H3/t;24?,25-;;;/m.1.../s1.